The van der Waals surface area contributed by atoms with Crippen LogP contribution in [0.25, 0.3) is 0 Å². The fourth-order valence-electron chi connectivity index (χ4n) is 1.66. The molecular weight excluding hydrogens is 348 g/mol. The Hall–Kier alpha value is -2.67. The van der Waals surface area contributed by atoms with Gasteiger partial charge in [-0.25, -0.2) is 0 Å². The van der Waals surface area contributed by atoms with Crippen LogP contribution in [0.4, 0.5) is 5.69 Å². The zero-order valence-electron chi connectivity index (χ0n) is 11.3. The number of rotatable bonds is 4. The van der Waals surface area contributed by atoms with E-state index in [1.54, 1.807) is 36.7 Å². The molecular formula is C15H11BrN4O2. The number of pyridine rings is 1. The highest BCUT2D eigenvalue weighted by molar-refractivity contribution is 9.10. The lowest BCUT2D eigenvalue weighted by atomic mass is 10.3. The van der Waals surface area contributed by atoms with Gasteiger partial charge in [-0.1, -0.05) is 15.9 Å². The van der Waals surface area contributed by atoms with Gasteiger partial charge in [0.1, 0.15) is 17.8 Å². The second-order valence-electron chi connectivity index (χ2n) is 4.24. The number of hydrogen-bond donors (Lipinski definition) is 1. The van der Waals surface area contributed by atoms with Gasteiger partial charge in [0, 0.05) is 10.7 Å². The van der Waals surface area contributed by atoms with Crippen molar-refractivity contribution >= 4 is 21.6 Å². The van der Waals surface area contributed by atoms with Crippen LogP contribution in [-0.4, -0.2) is 15.0 Å². The van der Waals surface area contributed by atoms with Gasteiger partial charge in [0.15, 0.2) is 5.69 Å². The number of ether oxygens (including phenoxy) is 2. The van der Waals surface area contributed by atoms with Crippen molar-refractivity contribution in [3.05, 3.63) is 59.6 Å². The van der Waals surface area contributed by atoms with Crippen molar-refractivity contribution in [3.63, 3.8) is 0 Å². The number of aromatic nitrogens is 3. The minimum atomic E-state index is 0.217. The molecule has 0 amide bonds. The lowest BCUT2D eigenvalue weighted by Crippen LogP contribution is -2.00. The summed E-state index contributed by atoms with van der Waals surface area (Å²) < 4.78 is 12.2. The fraction of sp³-hybridized carbons (Fsp3) is 0. The SMILES string of the molecule is Nc1c(Oc2ccc(Br)cc2)ncnc1Oc1cccnc1. The monoisotopic (exact) mass is 358 g/mol. The van der Waals surface area contributed by atoms with Crippen LogP contribution in [0.3, 0.4) is 0 Å². The molecule has 0 bridgehead atoms. The number of benzene rings is 1. The lowest BCUT2D eigenvalue weighted by Gasteiger charge is -2.10. The van der Waals surface area contributed by atoms with Crippen LogP contribution in [0.2, 0.25) is 0 Å². The molecule has 0 aliphatic heterocycles. The van der Waals surface area contributed by atoms with E-state index in [1.165, 1.54) is 6.33 Å². The molecule has 2 N–H and O–H groups in total. The Kier molecular flexibility index (Phi) is 4.15. The third-order valence-corrected chi connectivity index (χ3v) is 3.22. The fourth-order valence-corrected chi connectivity index (χ4v) is 1.92. The van der Waals surface area contributed by atoms with Crippen molar-refractivity contribution < 1.29 is 9.47 Å². The lowest BCUT2D eigenvalue weighted by molar-refractivity contribution is 0.437. The molecule has 6 nitrogen and oxygen atoms in total. The van der Waals surface area contributed by atoms with Crippen LogP contribution in [0.15, 0.2) is 59.6 Å². The number of hydrogen-bond acceptors (Lipinski definition) is 6. The number of nitrogens with two attached hydrogens (primary N) is 1. The predicted molar refractivity (Wildman–Crippen MR) is 85.0 cm³/mol. The molecule has 22 heavy (non-hydrogen) atoms. The molecule has 1 aromatic carbocycles. The third-order valence-electron chi connectivity index (χ3n) is 2.69. The summed E-state index contributed by atoms with van der Waals surface area (Å²) in [5.74, 6) is 1.59. The summed E-state index contributed by atoms with van der Waals surface area (Å²) in [6.07, 6.45) is 4.55. The molecule has 0 unspecified atom stereocenters. The van der Waals surface area contributed by atoms with Gasteiger partial charge in [-0.2, -0.15) is 9.97 Å². The summed E-state index contributed by atoms with van der Waals surface area (Å²) in [5, 5.41) is 0. The van der Waals surface area contributed by atoms with E-state index >= 15 is 0 Å². The Morgan fingerprint density at radius 2 is 1.59 bits per heavy atom. The van der Waals surface area contributed by atoms with Crippen molar-refractivity contribution in [2.24, 2.45) is 0 Å². The smallest absolute Gasteiger partial charge is 0.249 e. The van der Waals surface area contributed by atoms with E-state index in [2.05, 4.69) is 30.9 Å². The first-order valence-electron chi connectivity index (χ1n) is 6.34. The van der Waals surface area contributed by atoms with Crippen LogP contribution in [-0.2, 0) is 0 Å². The molecule has 2 heterocycles. The highest BCUT2D eigenvalue weighted by Crippen LogP contribution is 2.33. The maximum Gasteiger partial charge on any atom is 0.249 e. The maximum atomic E-state index is 6.00. The average Bonchev–Trinajstić information content (AvgIpc) is 2.54. The second-order valence-corrected chi connectivity index (χ2v) is 5.16. The Morgan fingerprint density at radius 1 is 0.909 bits per heavy atom. The molecule has 3 rings (SSSR count). The molecule has 0 spiro atoms. The summed E-state index contributed by atoms with van der Waals surface area (Å²) in [4.78, 5) is 12.0. The molecule has 2 aromatic heterocycles. The van der Waals surface area contributed by atoms with E-state index < -0.39 is 0 Å². The van der Waals surface area contributed by atoms with Crippen LogP contribution in [0.5, 0.6) is 23.3 Å². The quantitative estimate of drug-likeness (QED) is 0.763. The highest BCUT2D eigenvalue weighted by atomic mass is 79.9. The van der Waals surface area contributed by atoms with E-state index in [0.29, 0.717) is 11.5 Å². The molecule has 0 saturated heterocycles. The van der Waals surface area contributed by atoms with Gasteiger partial charge >= 0.3 is 0 Å². The van der Waals surface area contributed by atoms with E-state index in [4.69, 9.17) is 15.2 Å². The van der Waals surface area contributed by atoms with Crippen molar-refractivity contribution in [2.75, 3.05) is 5.73 Å². The zero-order chi connectivity index (χ0) is 15.4. The van der Waals surface area contributed by atoms with Gasteiger partial charge in [0.05, 0.1) is 6.20 Å². The number of nitrogen functional groups attached to an aromatic ring is 1. The van der Waals surface area contributed by atoms with Gasteiger partial charge in [0.2, 0.25) is 11.8 Å². The Labute approximate surface area is 135 Å². The minimum Gasteiger partial charge on any atom is -0.437 e. The molecule has 110 valence electrons. The number of nitrogens with zero attached hydrogens (tertiary/aromatic N) is 3. The van der Waals surface area contributed by atoms with E-state index in [1.807, 2.05) is 12.1 Å². The first-order valence-corrected chi connectivity index (χ1v) is 7.13. The highest BCUT2D eigenvalue weighted by Gasteiger charge is 2.12. The van der Waals surface area contributed by atoms with E-state index in [0.717, 1.165) is 4.47 Å². The summed E-state index contributed by atoms with van der Waals surface area (Å²) in [5.41, 5.74) is 6.22. The standard InChI is InChI=1S/C15H11BrN4O2/c16-10-3-5-11(6-4-10)21-14-13(17)15(20-9-19-14)22-12-2-1-7-18-8-12/h1-9H,17H2. The van der Waals surface area contributed by atoms with Crippen molar-refractivity contribution in [1.29, 1.82) is 0 Å². The zero-order valence-corrected chi connectivity index (χ0v) is 12.9. The summed E-state index contributed by atoms with van der Waals surface area (Å²) in [7, 11) is 0. The van der Waals surface area contributed by atoms with Crippen LogP contribution in [0.1, 0.15) is 0 Å². The average molecular weight is 359 g/mol. The molecule has 0 atom stereocenters. The first kappa shape index (κ1) is 14.3. The molecule has 0 saturated carbocycles. The topological polar surface area (TPSA) is 83.2 Å². The Bertz CT molecular complexity index is 766. The normalized spacial score (nSPS) is 10.2. The van der Waals surface area contributed by atoms with Gasteiger partial charge in [0.25, 0.3) is 0 Å². The minimum absolute atomic E-state index is 0.217. The van der Waals surface area contributed by atoms with Crippen molar-refractivity contribution in [3.8, 4) is 23.3 Å². The Balaban J connectivity index is 1.84. The van der Waals surface area contributed by atoms with Gasteiger partial charge in [-0.15, -0.1) is 0 Å². The van der Waals surface area contributed by atoms with Gasteiger partial charge < -0.3 is 15.2 Å². The Morgan fingerprint density at radius 3 is 2.23 bits per heavy atom. The predicted octanol–water partition coefficient (Wildman–Crippen LogP) is 3.80. The molecule has 0 radical (unpaired) electrons. The van der Waals surface area contributed by atoms with Crippen LogP contribution < -0.4 is 15.2 Å². The van der Waals surface area contributed by atoms with Gasteiger partial charge in [-0.3, -0.25) is 4.98 Å². The molecule has 0 aliphatic rings. The van der Waals surface area contributed by atoms with E-state index in [9.17, 15) is 0 Å². The molecule has 3 aromatic rings. The van der Waals surface area contributed by atoms with Gasteiger partial charge in [-0.05, 0) is 36.4 Å². The number of anilines is 1. The molecule has 7 heteroatoms. The third kappa shape index (κ3) is 3.32. The summed E-state index contributed by atoms with van der Waals surface area (Å²) in [6, 6.07) is 10.8. The van der Waals surface area contributed by atoms with Crippen LogP contribution in [0, 0.1) is 0 Å². The van der Waals surface area contributed by atoms with Crippen molar-refractivity contribution in [2.45, 2.75) is 0 Å². The van der Waals surface area contributed by atoms with E-state index in [-0.39, 0.29) is 17.4 Å². The van der Waals surface area contributed by atoms with Crippen LogP contribution >= 0.6 is 15.9 Å². The summed E-state index contributed by atoms with van der Waals surface area (Å²) in [6.45, 7) is 0. The largest absolute Gasteiger partial charge is 0.437 e. The molecule has 0 aliphatic carbocycles. The van der Waals surface area contributed by atoms with Crippen molar-refractivity contribution in [1.82, 2.24) is 15.0 Å². The summed E-state index contributed by atoms with van der Waals surface area (Å²) >= 11 is 3.36. The molecule has 0 fully saturated rings. The number of halogens is 1. The first-order chi connectivity index (χ1) is 10.7. The second kappa shape index (κ2) is 6.40. The maximum absolute atomic E-state index is 6.00.